The zero-order valence-corrected chi connectivity index (χ0v) is 35.4. The van der Waals surface area contributed by atoms with E-state index in [1.807, 2.05) is 0 Å². The highest BCUT2D eigenvalue weighted by Gasteiger charge is 2.31. The van der Waals surface area contributed by atoms with Crippen molar-refractivity contribution in [2.24, 2.45) is 0 Å². The molecule has 6 rings (SSSR count). The third-order valence-electron chi connectivity index (χ3n) is 9.20. The van der Waals surface area contributed by atoms with E-state index in [2.05, 4.69) is 10.6 Å². The molecular formula is C38H40N4O11S5. The Hall–Kier alpha value is -4.09. The smallest absolute Gasteiger partial charge is 0.295 e. The summed E-state index contributed by atoms with van der Waals surface area (Å²) in [4.78, 5) is 27.0. The monoisotopic (exact) mass is 888 g/mol. The van der Waals surface area contributed by atoms with Crippen molar-refractivity contribution in [1.29, 1.82) is 0 Å². The van der Waals surface area contributed by atoms with Crippen LogP contribution >= 0.6 is 23.5 Å². The summed E-state index contributed by atoms with van der Waals surface area (Å²) in [6.07, 6.45) is 6.53. The molecule has 3 N–H and O–H groups in total. The van der Waals surface area contributed by atoms with Crippen LogP contribution in [0.25, 0.3) is 12.2 Å². The number of sulfonamides is 2. The van der Waals surface area contributed by atoms with Gasteiger partial charge in [0.25, 0.3) is 21.9 Å². The molecule has 2 aliphatic heterocycles. The summed E-state index contributed by atoms with van der Waals surface area (Å²) in [7, 11) is -12.6. The van der Waals surface area contributed by atoms with Gasteiger partial charge in [-0.15, -0.1) is 23.5 Å². The highest BCUT2D eigenvalue weighted by atomic mass is 32.2. The standard InChI is InChI=1S/C38H40N4O11S5/c1-54-32-13-8-28(23-35(32)56(45,46)41-15-19-52-20-16-41)37(43)39-30-10-4-26(5-11-30)3-6-27-7-12-31(25-34(27)58(49,50)51)40-38(44)29-9-14-33(55-2)36(24-29)57(47,48)42-17-21-53-22-18-42/h3-14,23-25H,15-22H2,1-2H3,(H,39,43)(H,40,44)(H,49,50,51). The number of rotatable bonds is 13. The average molecular weight is 889 g/mol. The van der Waals surface area contributed by atoms with Crippen molar-refractivity contribution >= 4 is 89.0 Å². The fourth-order valence-electron chi connectivity index (χ4n) is 6.13. The molecule has 0 unspecified atom stereocenters. The molecule has 0 bridgehead atoms. The van der Waals surface area contributed by atoms with E-state index in [-0.39, 0.29) is 84.8 Å². The third-order valence-corrected chi connectivity index (χ3v) is 15.8. The van der Waals surface area contributed by atoms with Crippen LogP contribution in [0.5, 0.6) is 0 Å². The van der Waals surface area contributed by atoms with Gasteiger partial charge in [0.2, 0.25) is 20.0 Å². The summed E-state index contributed by atoms with van der Waals surface area (Å²) in [6, 6.07) is 19.3. The predicted octanol–water partition coefficient (Wildman–Crippen LogP) is 5.09. The molecule has 0 radical (unpaired) electrons. The van der Waals surface area contributed by atoms with Gasteiger partial charge >= 0.3 is 0 Å². The number of hydrogen-bond acceptors (Lipinski definition) is 12. The molecule has 0 atom stereocenters. The summed E-state index contributed by atoms with van der Waals surface area (Å²) in [5, 5.41) is 5.35. The Kier molecular flexibility index (Phi) is 13.8. The van der Waals surface area contributed by atoms with Crippen LogP contribution in [0.1, 0.15) is 31.8 Å². The minimum atomic E-state index is -4.77. The van der Waals surface area contributed by atoms with E-state index < -0.39 is 46.9 Å². The van der Waals surface area contributed by atoms with Gasteiger partial charge in [0.15, 0.2) is 0 Å². The normalized spacial score (nSPS) is 16.0. The number of carbonyl (C=O) groups is 2. The fourth-order valence-corrected chi connectivity index (χ4v) is 11.9. The first-order chi connectivity index (χ1) is 27.6. The maximum atomic E-state index is 13.5. The van der Waals surface area contributed by atoms with E-state index in [4.69, 9.17) is 9.47 Å². The Morgan fingerprint density at radius 2 is 1.05 bits per heavy atom. The second kappa shape index (κ2) is 18.4. The SMILES string of the molecule is CSc1ccc(C(=O)Nc2ccc(C=Cc3ccc(NC(=O)c4ccc(SC)c(S(=O)(=O)N5CCOCC5)c4)cc3S(=O)(=O)O)cc2)cc1S(=O)(=O)N1CCOCC1. The van der Waals surface area contributed by atoms with Gasteiger partial charge in [0.05, 0.1) is 36.2 Å². The molecule has 0 saturated carbocycles. The summed E-state index contributed by atoms with van der Waals surface area (Å²) in [5.41, 5.74) is 1.35. The molecule has 2 fully saturated rings. The molecule has 0 aliphatic carbocycles. The lowest BCUT2D eigenvalue weighted by atomic mass is 10.1. The van der Waals surface area contributed by atoms with Crippen molar-refractivity contribution in [3.8, 4) is 0 Å². The van der Waals surface area contributed by atoms with Gasteiger partial charge in [-0.1, -0.05) is 30.4 Å². The minimum Gasteiger partial charge on any atom is -0.379 e. The van der Waals surface area contributed by atoms with Crippen LogP contribution in [0.4, 0.5) is 11.4 Å². The largest absolute Gasteiger partial charge is 0.379 e. The van der Waals surface area contributed by atoms with Crippen molar-refractivity contribution in [3.05, 3.63) is 101 Å². The number of nitrogens with one attached hydrogen (secondary N) is 2. The topological polar surface area (TPSA) is 206 Å². The molecule has 2 aliphatic rings. The van der Waals surface area contributed by atoms with Crippen LogP contribution in [-0.4, -0.2) is 115 Å². The molecular weight excluding hydrogens is 849 g/mol. The maximum Gasteiger partial charge on any atom is 0.295 e. The quantitative estimate of drug-likeness (QED) is 0.0910. The zero-order chi connectivity index (χ0) is 41.7. The van der Waals surface area contributed by atoms with Gasteiger partial charge in [0, 0.05) is 58.5 Å². The first-order valence-corrected chi connectivity index (χ1v) is 24.4. The molecule has 4 aromatic rings. The number of ether oxygens (including phenoxy) is 2. The Balaban J connectivity index is 1.15. The molecule has 20 heteroatoms. The van der Waals surface area contributed by atoms with Gasteiger partial charge < -0.3 is 20.1 Å². The van der Waals surface area contributed by atoms with Crippen molar-refractivity contribution in [1.82, 2.24) is 8.61 Å². The van der Waals surface area contributed by atoms with Crippen LogP contribution in [0.3, 0.4) is 0 Å². The molecule has 0 aromatic heterocycles. The van der Waals surface area contributed by atoms with Gasteiger partial charge in [-0.25, -0.2) is 16.8 Å². The number of amides is 2. The van der Waals surface area contributed by atoms with Gasteiger partial charge in [0.1, 0.15) is 4.90 Å². The summed E-state index contributed by atoms with van der Waals surface area (Å²) < 4.78 is 102. The second-order valence-corrected chi connectivity index (χ2v) is 19.8. The first-order valence-electron chi connectivity index (χ1n) is 17.7. The molecule has 2 heterocycles. The average Bonchev–Trinajstić information content (AvgIpc) is 3.23. The Morgan fingerprint density at radius 1 is 0.603 bits per heavy atom. The van der Waals surface area contributed by atoms with E-state index >= 15 is 0 Å². The first kappa shape index (κ1) is 43.5. The number of carbonyl (C=O) groups excluding carboxylic acids is 2. The number of benzene rings is 4. The summed E-state index contributed by atoms with van der Waals surface area (Å²) in [6.45, 7) is 1.88. The maximum absolute atomic E-state index is 13.5. The molecule has 0 spiro atoms. The fraction of sp³-hybridized carbons (Fsp3) is 0.263. The van der Waals surface area contributed by atoms with E-state index in [9.17, 15) is 39.4 Å². The Morgan fingerprint density at radius 3 is 1.50 bits per heavy atom. The van der Waals surface area contributed by atoms with E-state index in [0.717, 1.165) is 6.07 Å². The number of anilines is 2. The third kappa shape index (κ3) is 10.0. The minimum absolute atomic E-state index is 0.0246. The Labute approximate surface area is 346 Å². The van der Waals surface area contributed by atoms with Crippen LogP contribution < -0.4 is 10.6 Å². The van der Waals surface area contributed by atoms with Crippen molar-refractivity contribution < 1.29 is 48.9 Å². The highest BCUT2D eigenvalue weighted by molar-refractivity contribution is 7.99. The van der Waals surface area contributed by atoms with Crippen LogP contribution in [0, 0.1) is 0 Å². The molecule has 4 aromatic carbocycles. The lowest BCUT2D eigenvalue weighted by Crippen LogP contribution is -2.40. The van der Waals surface area contributed by atoms with Crippen molar-refractivity contribution in [3.63, 3.8) is 0 Å². The highest BCUT2D eigenvalue weighted by Crippen LogP contribution is 2.31. The van der Waals surface area contributed by atoms with E-state index in [1.54, 1.807) is 55.0 Å². The van der Waals surface area contributed by atoms with Crippen LogP contribution in [0.2, 0.25) is 0 Å². The number of thioether (sulfide) groups is 2. The number of hydrogen-bond donors (Lipinski definition) is 3. The molecule has 15 nitrogen and oxygen atoms in total. The summed E-state index contributed by atoms with van der Waals surface area (Å²) >= 11 is 2.48. The van der Waals surface area contributed by atoms with Gasteiger partial charge in [-0.3, -0.25) is 14.1 Å². The molecule has 2 amide bonds. The van der Waals surface area contributed by atoms with Crippen LogP contribution in [0.15, 0.2) is 103 Å². The Bertz CT molecular complexity index is 2560. The van der Waals surface area contributed by atoms with E-state index in [0.29, 0.717) is 21.0 Å². The zero-order valence-electron chi connectivity index (χ0n) is 31.3. The summed E-state index contributed by atoms with van der Waals surface area (Å²) in [5.74, 6) is -1.21. The lowest BCUT2D eigenvalue weighted by molar-refractivity contribution is 0.0729. The predicted molar refractivity (Wildman–Crippen MR) is 223 cm³/mol. The van der Waals surface area contributed by atoms with E-state index in [1.165, 1.54) is 74.6 Å². The number of morpholine rings is 2. The molecule has 2 saturated heterocycles. The second-order valence-electron chi connectivity index (χ2n) is 12.9. The van der Waals surface area contributed by atoms with Crippen molar-refractivity contribution in [2.75, 3.05) is 75.8 Å². The van der Waals surface area contributed by atoms with Gasteiger partial charge in [-0.05, 0) is 84.3 Å². The number of nitrogens with zero attached hydrogens (tertiary/aromatic N) is 2. The molecule has 58 heavy (non-hydrogen) atoms. The van der Waals surface area contributed by atoms with Gasteiger partial charge in [-0.2, -0.15) is 17.0 Å². The lowest BCUT2D eigenvalue weighted by Gasteiger charge is -2.27. The molecule has 308 valence electrons. The van der Waals surface area contributed by atoms with Crippen LogP contribution in [-0.2, 0) is 39.6 Å². The van der Waals surface area contributed by atoms with Crippen molar-refractivity contribution in [2.45, 2.75) is 24.5 Å².